The van der Waals surface area contributed by atoms with Gasteiger partial charge in [0.1, 0.15) is 17.2 Å². The molecule has 0 aliphatic carbocycles. The number of anilines is 2. The van der Waals surface area contributed by atoms with Crippen LogP contribution in [0.5, 0.6) is 5.75 Å². The Kier molecular flexibility index (Phi) is 5.43. The van der Waals surface area contributed by atoms with Crippen molar-refractivity contribution >= 4 is 32.6 Å². The molecule has 0 saturated carbocycles. The van der Waals surface area contributed by atoms with Crippen molar-refractivity contribution in [3.63, 3.8) is 0 Å². The summed E-state index contributed by atoms with van der Waals surface area (Å²) in [5.41, 5.74) is 10.4. The highest BCUT2D eigenvalue weighted by Crippen LogP contribution is 2.41. The zero-order valence-electron chi connectivity index (χ0n) is 16.9. The molecule has 3 heterocycles. The van der Waals surface area contributed by atoms with Gasteiger partial charge in [0.05, 0.1) is 41.9 Å². The number of nitrogen functional groups attached to an aromatic ring is 2. The zero-order valence-corrected chi connectivity index (χ0v) is 17.7. The number of fused-ring (bicyclic) bond motifs is 1. The van der Waals surface area contributed by atoms with E-state index in [1.165, 1.54) is 29.6 Å². The summed E-state index contributed by atoms with van der Waals surface area (Å²) in [6.45, 7) is 0.954. The van der Waals surface area contributed by atoms with Gasteiger partial charge in [-0.05, 0) is 12.1 Å². The van der Waals surface area contributed by atoms with Crippen LogP contribution in [0.15, 0.2) is 35.4 Å². The highest BCUT2D eigenvalue weighted by Gasteiger charge is 2.37. The van der Waals surface area contributed by atoms with Crippen molar-refractivity contribution < 1.29 is 31.1 Å². The van der Waals surface area contributed by atoms with E-state index in [0.29, 0.717) is 0 Å². The van der Waals surface area contributed by atoms with Crippen molar-refractivity contribution in [2.45, 2.75) is 11.1 Å². The molecule has 0 amide bonds. The zero-order chi connectivity index (χ0) is 23.3. The predicted molar refractivity (Wildman–Crippen MR) is 111 cm³/mol. The molecule has 2 aromatic heterocycles. The summed E-state index contributed by atoms with van der Waals surface area (Å²) in [5.74, 6) is -0.0266. The van der Waals surface area contributed by atoms with Gasteiger partial charge in [-0.2, -0.15) is 17.5 Å². The number of nitrogens with zero attached hydrogens (tertiary/aromatic N) is 3. The quantitative estimate of drug-likeness (QED) is 0.598. The summed E-state index contributed by atoms with van der Waals surface area (Å²) in [7, 11) is -2.55. The first-order valence-electron chi connectivity index (χ1n) is 9.44. The highest BCUT2D eigenvalue weighted by molar-refractivity contribution is 7.89. The Balaban J connectivity index is 1.89. The molecule has 1 aromatic carbocycles. The number of hydrogen-bond donors (Lipinski definition) is 2. The third-order valence-electron chi connectivity index (χ3n) is 5.13. The third kappa shape index (κ3) is 3.72. The lowest BCUT2D eigenvalue weighted by Crippen LogP contribution is -2.40. The fourth-order valence-electron chi connectivity index (χ4n) is 3.63. The molecule has 0 spiro atoms. The van der Waals surface area contributed by atoms with Crippen LogP contribution in [0.2, 0.25) is 0 Å². The van der Waals surface area contributed by atoms with Gasteiger partial charge in [-0.25, -0.2) is 13.4 Å². The van der Waals surface area contributed by atoms with Crippen LogP contribution in [0.4, 0.5) is 24.7 Å². The summed E-state index contributed by atoms with van der Waals surface area (Å²) in [6.07, 6.45) is -3.87. The SMILES string of the molecule is COc1cc(S(=O)(=O)N2CCOCC2)ccc1-n1cc(C(F)(F)F)c2c(N)cc(N)nc21. The number of hydrogen-bond acceptors (Lipinski definition) is 7. The van der Waals surface area contributed by atoms with Crippen LogP contribution in [0, 0.1) is 0 Å². The minimum Gasteiger partial charge on any atom is -0.495 e. The maximum absolute atomic E-state index is 13.7. The number of halogens is 3. The number of morpholine rings is 1. The van der Waals surface area contributed by atoms with E-state index >= 15 is 0 Å². The second-order valence-electron chi connectivity index (χ2n) is 7.10. The monoisotopic (exact) mass is 471 g/mol. The Bertz CT molecular complexity index is 1280. The Labute approximate surface area is 181 Å². The molecule has 32 heavy (non-hydrogen) atoms. The number of benzene rings is 1. The summed E-state index contributed by atoms with van der Waals surface area (Å²) in [5, 5.41) is -0.307. The van der Waals surface area contributed by atoms with Crippen LogP contribution in [-0.4, -0.2) is 55.7 Å². The number of rotatable bonds is 4. The molecule has 1 aliphatic heterocycles. The molecule has 172 valence electrons. The molecule has 3 aromatic rings. The molecular formula is C19H20F3N5O4S. The van der Waals surface area contributed by atoms with Crippen LogP contribution in [0.3, 0.4) is 0 Å². The topological polar surface area (TPSA) is 126 Å². The van der Waals surface area contributed by atoms with Crippen LogP contribution >= 0.6 is 0 Å². The highest BCUT2D eigenvalue weighted by atomic mass is 32.2. The smallest absolute Gasteiger partial charge is 0.418 e. The van der Waals surface area contributed by atoms with Crippen molar-refractivity contribution in [3.8, 4) is 11.4 Å². The van der Waals surface area contributed by atoms with Gasteiger partial charge in [0, 0.05) is 37.1 Å². The van der Waals surface area contributed by atoms with Crippen molar-refractivity contribution in [2.75, 3.05) is 44.9 Å². The number of alkyl halides is 3. The number of sulfonamides is 1. The lowest BCUT2D eigenvalue weighted by atomic mass is 10.2. The second-order valence-corrected chi connectivity index (χ2v) is 9.03. The van der Waals surface area contributed by atoms with Gasteiger partial charge in [0.25, 0.3) is 0 Å². The second kappa shape index (κ2) is 7.83. The third-order valence-corrected chi connectivity index (χ3v) is 7.02. The van der Waals surface area contributed by atoms with E-state index in [0.717, 1.165) is 16.8 Å². The van der Waals surface area contributed by atoms with Gasteiger partial charge in [-0.3, -0.25) is 4.57 Å². The molecule has 1 fully saturated rings. The predicted octanol–water partition coefficient (Wildman–Crippen LogP) is 2.24. The number of pyridine rings is 1. The van der Waals surface area contributed by atoms with Crippen LogP contribution in [0.25, 0.3) is 16.7 Å². The Morgan fingerprint density at radius 3 is 2.47 bits per heavy atom. The lowest BCUT2D eigenvalue weighted by Gasteiger charge is -2.26. The first-order valence-corrected chi connectivity index (χ1v) is 10.9. The molecule has 0 bridgehead atoms. The van der Waals surface area contributed by atoms with Gasteiger partial charge in [-0.1, -0.05) is 0 Å². The van der Waals surface area contributed by atoms with Gasteiger partial charge in [0.15, 0.2) is 0 Å². The number of ether oxygens (including phenoxy) is 2. The van der Waals surface area contributed by atoms with E-state index in [1.54, 1.807) is 0 Å². The van der Waals surface area contributed by atoms with Crippen molar-refractivity contribution in [2.24, 2.45) is 0 Å². The van der Waals surface area contributed by atoms with E-state index in [1.807, 2.05) is 0 Å². The maximum atomic E-state index is 13.7. The van der Waals surface area contributed by atoms with Gasteiger partial charge >= 0.3 is 6.18 Å². The average Bonchev–Trinajstić information content (AvgIpc) is 3.14. The molecule has 13 heteroatoms. The van der Waals surface area contributed by atoms with Gasteiger partial charge < -0.3 is 20.9 Å². The first-order chi connectivity index (χ1) is 15.0. The molecule has 1 saturated heterocycles. The molecule has 0 atom stereocenters. The largest absolute Gasteiger partial charge is 0.495 e. The normalized spacial score (nSPS) is 15.9. The minimum atomic E-state index is -4.71. The standard InChI is InChI=1S/C19H20F3N5O4S/c1-30-15-8-11(32(28,29)26-4-6-31-7-5-26)2-3-14(15)27-10-12(19(20,21)22)17-13(23)9-16(24)25-18(17)27/h2-3,8-10H,4-7H2,1H3,(H4,23,24,25). The molecule has 4 rings (SSSR count). The van der Waals surface area contributed by atoms with E-state index in [4.69, 9.17) is 20.9 Å². The molecular weight excluding hydrogens is 451 g/mol. The Morgan fingerprint density at radius 1 is 1.16 bits per heavy atom. The van der Waals surface area contributed by atoms with Crippen molar-refractivity contribution in [1.82, 2.24) is 13.9 Å². The number of nitrogens with two attached hydrogens (primary N) is 2. The number of aromatic nitrogens is 2. The van der Waals surface area contributed by atoms with Gasteiger partial charge in [-0.15, -0.1) is 0 Å². The molecule has 0 radical (unpaired) electrons. The Hall–Kier alpha value is -3.03. The van der Waals surface area contributed by atoms with E-state index < -0.39 is 21.8 Å². The number of methoxy groups -OCH3 is 1. The molecule has 9 nitrogen and oxygen atoms in total. The summed E-state index contributed by atoms with van der Waals surface area (Å²) >= 11 is 0. The molecule has 4 N–H and O–H groups in total. The summed E-state index contributed by atoms with van der Waals surface area (Å²) in [6, 6.07) is 5.07. The maximum Gasteiger partial charge on any atom is 0.418 e. The average molecular weight is 471 g/mol. The fraction of sp³-hybridized carbons (Fsp3) is 0.316. The van der Waals surface area contributed by atoms with E-state index in [9.17, 15) is 21.6 Å². The van der Waals surface area contributed by atoms with Gasteiger partial charge in [0.2, 0.25) is 10.0 Å². The van der Waals surface area contributed by atoms with E-state index in [2.05, 4.69) is 4.98 Å². The van der Waals surface area contributed by atoms with Crippen molar-refractivity contribution in [3.05, 3.63) is 36.0 Å². The van der Waals surface area contributed by atoms with Crippen molar-refractivity contribution in [1.29, 1.82) is 0 Å². The van der Waals surface area contributed by atoms with Crippen LogP contribution < -0.4 is 16.2 Å². The summed E-state index contributed by atoms with van der Waals surface area (Å²) in [4.78, 5) is 3.98. The molecule has 1 aliphatic rings. The van der Waals surface area contributed by atoms with E-state index in [-0.39, 0.29) is 65.2 Å². The first kappa shape index (κ1) is 22.2. The van der Waals surface area contributed by atoms with Crippen LogP contribution in [-0.2, 0) is 20.9 Å². The molecule has 0 unspecified atom stereocenters. The summed E-state index contributed by atoms with van der Waals surface area (Å²) < 4.78 is 79.9. The lowest BCUT2D eigenvalue weighted by molar-refractivity contribution is -0.136. The minimum absolute atomic E-state index is 0.0350. The Morgan fingerprint density at radius 2 is 1.84 bits per heavy atom. The van der Waals surface area contributed by atoms with Crippen LogP contribution in [0.1, 0.15) is 5.56 Å². The fourth-order valence-corrected chi connectivity index (χ4v) is 5.05.